The molecule has 0 saturated heterocycles. The fraction of sp³-hybridized carbons (Fsp3) is 0.538. The Balaban J connectivity index is 2.22. The zero-order valence-corrected chi connectivity index (χ0v) is 11.4. The molecule has 0 spiro atoms. The molecule has 1 saturated carbocycles. The number of nitrogens with one attached hydrogen (secondary N) is 1. The van der Waals surface area contributed by atoms with Crippen molar-refractivity contribution < 1.29 is 14.8 Å². The van der Waals surface area contributed by atoms with Gasteiger partial charge in [0.25, 0.3) is 5.69 Å². The molecule has 1 heterocycles. The van der Waals surface area contributed by atoms with E-state index in [1.54, 1.807) is 13.8 Å². The van der Waals surface area contributed by atoms with Crippen LogP contribution in [0.25, 0.3) is 0 Å². The molecule has 20 heavy (non-hydrogen) atoms. The predicted octanol–water partition coefficient (Wildman–Crippen LogP) is 2.35. The van der Waals surface area contributed by atoms with Gasteiger partial charge in [-0.3, -0.25) is 14.9 Å². The molecule has 0 radical (unpaired) electrons. The van der Waals surface area contributed by atoms with Crippen LogP contribution in [0.15, 0.2) is 12.3 Å². The molecule has 1 aromatic rings. The van der Waals surface area contributed by atoms with Crippen LogP contribution in [0.2, 0.25) is 0 Å². The van der Waals surface area contributed by atoms with Crippen LogP contribution >= 0.6 is 0 Å². The molecule has 1 aromatic heterocycles. The van der Waals surface area contributed by atoms with Crippen LogP contribution in [-0.4, -0.2) is 27.0 Å². The largest absolute Gasteiger partial charge is 0.481 e. The minimum Gasteiger partial charge on any atom is -0.481 e. The van der Waals surface area contributed by atoms with E-state index in [9.17, 15) is 20.0 Å². The molecular weight excluding hydrogens is 262 g/mol. The third kappa shape index (κ3) is 2.43. The van der Waals surface area contributed by atoms with Gasteiger partial charge in [0.15, 0.2) is 0 Å². The van der Waals surface area contributed by atoms with E-state index in [4.69, 9.17) is 0 Å². The molecule has 0 bridgehead atoms. The summed E-state index contributed by atoms with van der Waals surface area (Å²) < 4.78 is 0. The van der Waals surface area contributed by atoms with Gasteiger partial charge >= 0.3 is 5.97 Å². The number of hydrogen-bond donors (Lipinski definition) is 2. The third-order valence-corrected chi connectivity index (χ3v) is 4.03. The number of anilines is 1. The van der Waals surface area contributed by atoms with E-state index in [-0.39, 0.29) is 11.7 Å². The van der Waals surface area contributed by atoms with E-state index in [0.717, 1.165) is 12.8 Å². The Bertz CT molecular complexity index is 561. The van der Waals surface area contributed by atoms with Crippen LogP contribution in [0.1, 0.15) is 31.7 Å². The van der Waals surface area contributed by atoms with Gasteiger partial charge in [-0.25, -0.2) is 4.98 Å². The van der Waals surface area contributed by atoms with Crippen molar-refractivity contribution in [3.63, 3.8) is 0 Å². The highest BCUT2D eigenvalue weighted by molar-refractivity contribution is 5.76. The number of rotatable bonds is 4. The summed E-state index contributed by atoms with van der Waals surface area (Å²) >= 11 is 0. The quantitative estimate of drug-likeness (QED) is 0.647. The summed E-state index contributed by atoms with van der Waals surface area (Å²) in [6, 6.07) is 1.22. The van der Waals surface area contributed by atoms with E-state index in [1.165, 1.54) is 12.3 Å². The number of nitro groups is 1. The van der Waals surface area contributed by atoms with Crippen molar-refractivity contribution in [3.05, 3.63) is 27.9 Å². The van der Waals surface area contributed by atoms with Crippen molar-refractivity contribution >= 4 is 17.5 Å². The number of hydrogen-bond acceptors (Lipinski definition) is 5. The zero-order valence-electron chi connectivity index (χ0n) is 11.4. The van der Waals surface area contributed by atoms with Crippen LogP contribution in [-0.2, 0) is 4.79 Å². The Morgan fingerprint density at radius 2 is 2.35 bits per heavy atom. The van der Waals surface area contributed by atoms with Crippen molar-refractivity contribution in [2.45, 2.75) is 39.2 Å². The Kier molecular flexibility index (Phi) is 3.61. The monoisotopic (exact) mass is 279 g/mol. The van der Waals surface area contributed by atoms with E-state index < -0.39 is 16.3 Å². The molecule has 2 atom stereocenters. The number of nitrogens with zero attached hydrogens (tertiary/aromatic N) is 2. The predicted molar refractivity (Wildman–Crippen MR) is 72.6 cm³/mol. The Morgan fingerprint density at radius 1 is 1.65 bits per heavy atom. The first-order valence-electron chi connectivity index (χ1n) is 6.45. The fourth-order valence-electron chi connectivity index (χ4n) is 2.63. The molecule has 2 rings (SSSR count). The molecule has 7 nitrogen and oxygen atoms in total. The zero-order chi connectivity index (χ0) is 14.9. The normalized spacial score (nSPS) is 25.4. The van der Waals surface area contributed by atoms with Gasteiger partial charge in [0.05, 0.1) is 10.3 Å². The van der Waals surface area contributed by atoms with Gasteiger partial charge in [0.2, 0.25) is 0 Å². The highest BCUT2D eigenvalue weighted by atomic mass is 16.6. The topological polar surface area (TPSA) is 105 Å². The number of pyridine rings is 1. The number of carboxylic acids is 1. The van der Waals surface area contributed by atoms with Gasteiger partial charge in [-0.2, -0.15) is 0 Å². The lowest BCUT2D eigenvalue weighted by Gasteiger charge is -2.28. The second kappa shape index (κ2) is 5.07. The van der Waals surface area contributed by atoms with Crippen molar-refractivity contribution in [3.8, 4) is 0 Å². The Labute approximate surface area is 116 Å². The summed E-state index contributed by atoms with van der Waals surface area (Å²) in [6.07, 6.45) is 3.39. The molecule has 0 amide bonds. The average molecular weight is 279 g/mol. The van der Waals surface area contributed by atoms with Crippen LogP contribution in [0.4, 0.5) is 11.5 Å². The van der Waals surface area contributed by atoms with Gasteiger partial charge in [0.1, 0.15) is 12.0 Å². The summed E-state index contributed by atoms with van der Waals surface area (Å²) in [4.78, 5) is 25.6. The van der Waals surface area contributed by atoms with E-state index >= 15 is 0 Å². The van der Waals surface area contributed by atoms with Gasteiger partial charge < -0.3 is 10.4 Å². The maximum absolute atomic E-state index is 11.4. The van der Waals surface area contributed by atoms with Gasteiger partial charge in [-0.15, -0.1) is 0 Å². The smallest absolute Gasteiger partial charge is 0.311 e. The first-order chi connectivity index (χ1) is 9.34. The fourth-order valence-corrected chi connectivity index (χ4v) is 2.63. The van der Waals surface area contributed by atoms with Crippen molar-refractivity contribution in [1.82, 2.24) is 4.98 Å². The van der Waals surface area contributed by atoms with E-state index in [1.807, 2.05) is 0 Å². The van der Waals surface area contributed by atoms with E-state index in [0.29, 0.717) is 17.8 Å². The minimum atomic E-state index is -0.827. The number of aliphatic carboxylic acids is 1. The molecule has 2 N–H and O–H groups in total. The van der Waals surface area contributed by atoms with Gasteiger partial charge in [-0.05, 0) is 32.3 Å². The van der Waals surface area contributed by atoms with Crippen LogP contribution in [0.3, 0.4) is 0 Å². The van der Waals surface area contributed by atoms with Crippen molar-refractivity contribution in [1.29, 1.82) is 0 Å². The SMILES string of the molecule is Cc1cc([N+](=O)[O-])cnc1NC1CCCC1(C)C(=O)O. The number of carbonyl (C=O) groups is 1. The second-order valence-corrected chi connectivity index (χ2v) is 5.43. The summed E-state index contributed by atoms with van der Waals surface area (Å²) in [6.45, 7) is 3.44. The standard InChI is InChI=1S/C13H17N3O4/c1-8-6-9(16(19)20)7-14-11(8)15-10-4-3-5-13(10,2)12(17)18/h6-7,10H,3-5H2,1-2H3,(H,14,15)(H,17,18). The first kappa shape index (κ1) is 14.2. The maximum atomic E-state index is 11.4. The van der Waals surface area contributed by atoms with Crippen LogP contribution in [0.5, 0.6) is 0 Å². The molecule has 0 aromatic carbocycles. The minimum absolute atomic E-state index is 0.0690. The molecule has 1 aliphatic carbocycles. The molecule has 108 valence electrons. The lowest BCUT2D eigenvalue weighted by atomic mass is 9.85. The summed E-state index contributed by atoms with van der Waals surface area (Å²) in [5.41, 5.74) is -0.255. The third-order valence-electron chi connectivity index (χ3n) is 4.03. The summed E-state index contributed by atoms with van der Waals surface area (Å²) in [5, 5.41) is 23.2. The first-order valence-corrected chi connectivity index (χ1v) is 6.45. The highest BCUT2D eigenvalue weighted by Gasteiger charge is 2.45. The number of carboxylic acid groups (broad SMARTS) is 1. The number of aromatic nitrogens is 1. The van der Waals surface area contributed by atoms with E-state index in [2.05, 4.69) is 10.3 Å². The van der Waals surface area contributed by atoms with Crippen molar-refractivity contribution in [2.24, 2.45) is 5.41 Å². The molecule has 0 aliphatic heterocycles. The van der Waals surface area contributed by atoms with Gasteiger partial charge in [0, 0.05) is 12.1 Å². The van der Waals surface area contributed by atoms with Crippen LogP contribution in [0, 0.1) is 22.5 Å². The van der Waals surface area contributed by atoms with Crippen LogP contribution < -0.4 is 5.32 Å². The molecule has 7 heteroatoms. The summed E-state index contributed by atoms with van der Waals surface area (Å²) in [5.74, 6) is -0.318. The molecular formula is C13H17N3O4. The maximum Gasteiger partial charge on any atom is 0.311 e. The lowest BCUT2D eigenvalue weighted by molar-refractivity contribution is -0.385. The Hall–Kier alpha value is -2.18. The average Bonchev–Trinajstić information content (AvgIpc) is 2.74. The lowest BCUT2D eigenvalue weighted by Crippen LogP contribution is -2.40. The molecule has 2 unspecified atom stereocenters. The van der Waals surface area contributed by atoms with Gasteiger partial charge in [-0.1, -0.05) is 6.42 Å². The summed E-state index contributed by atoms with van der Waals surface area (Å²) in [7, 11) is 0. The molecule has 1 fully saturated rings. The Morgan fingerprint density at radius 3 is 2.90 bits per heavy atom. The highest BCUT2D eigenvalue weighted by Crippen LogP contribution is 2.40. The van der Waals surface area contributed by atoms with Crippen molar-refractivity contribution in [2.75, 3.05) is 5.32 Å². The number of aryl methyl sites for hydroxylation is 1. The molecule has 1 aliphatic rings. The second-order valence-electron chi connectivity index (χ2n) is 5.43.